The second kappa shape index (κ2) is 4.74. The topological polar surface area (TPSA) is 26.3 Å². The molecule has 6 heteroatoms. The molecule has 0 saturated carbocycles. The Morgan fingerprint density at radius 2 is 2.06 bits per heavy atom. The molecule has 0 aromatic heterocycles. The fourth-order valence-corrected chi connectivity index (χ4v) is 1.24. The minimum atomic E-state index is -4.74. The zero-order valence-corrected chi connectivity index (χ0v) is 8.97. The quantitative estimate of drug-likeness (QED) is 0.770. The zero-order valence-electron chi connectivity index (χ0n) is 8.22. The predicted molar refractivity (Wildman–Crippen MR) is 52.4 cm³/mol. The molecule has 0 amide bonds. The summed E-state index contributed by atoms with van der Waals surface area (Å²) in [6, 6.07) is 5.17. The third-order valence-electron chi connectivity index (χ3n) is 1.93. The Morgan fingerprint density at radius 1 is 1.44 bits per heavy atom. The molecule has 0 N–H and O–H groups in total. The van der Waals surface area contributed by atoms with Gasteiger partial charge in [-0.25, -0.2) is 0 Å². The van der Waals surface area contributed by atoms with Crippen LogP contribution in [-0.2, 0) is 4.79 Å². The minimum absolute atomic E-state index is 0.366. The number of rotatable bonds is 3. The van der Waals surface area contributed by atoms with Gasteiger partial charge in [-0.3, -0.25) is 4.79 Å². The van der Waals surface area contributed by atoms with Crippen molar-refractivity contribution in [1.29, 1.82) is 0 Å². The van der Waals surface area contributed by atoms with Crippen molar-refractivity contribution in [2.24, 2.45) is 0 Å². The molecule has 1 atom stereocenters. The molecule has 1 aromatic carbocycles. The molecule has 1 unspecified atom stereocenters. The maximum absolute atomic E-state index is 11.9. The van der Waals surface area contributed by atoms with Crippen LogP contribution in [0.4, 0.5) is 13.2 Å². The summed E-state index contributed by atoms with van der Waals surface area (Å²) in [6.45, 7) is 1.50. The lowest BCUT2D eigenvalue weighted by Crippen LogP contribution is -2.17. The summed E-state index contributed by atoms with van der Waals surface area (Å²) in [6.07, 6.45) is -4.74. The van der Waals surface area contributed by atoms with Crippen LogP contribution < -0.4 is 4.74 Å². The molecule has 0 spiro atoms. The van der Waals surface area contributed by atoms with Crippen LogP contribution in [0.15, 0.2) is 24.3 Å². The number of hydrogen-bond acceptors (Lipinski definition) is 2. The van der Waals surface area contributed by atoms with E-state index in [-0.39, 0.29) is 5.75 Å². The van der Waals surface area contributed by atoms with Gasteiger partial charge in [0.15, 0.2) is 0 Å². The van der Waals surface area contributed by atoms with Crippen molar-refractivity contribution in [3.05, 3.63) is 29.8 Å². The van der Waals surface area contributed by atoms with Gasteiger partial charge < -0.3 is 4.74 Å². The average molecular weight is 253 g/mol. The highest BCUT2D eigenvalue weighted by molar-refractivity contribution is 6.64. The van der Waals surface area contributed by atoms with E-state index in [1.54, 1.807) is 0 Å². The Bertz CT molecular complexity index is 390. The van der Waals surface area contributed by atoms with Crippen LogP contribution in [0, 0.1) is 0 Å². The number of benzene rings is 1. The van der Waals surface area contributed by atoms with E-state index in [2.05, 4.69) is 4.74 Å². The van der Waals surface area contributed by atoms with Crippen molar-refractivity contribution in [3.63, 3.8) is 0 Å². The highest BCUT2D eigenvalue weighted by Gasteiger charge is 2.31. The lowest BCUT2D eigenvalue weighted by molar-refractivity contribution is -0.274. The molecular weight excluding hydrogens is 245 g/mol. The summed E-state index contributed by atoms with van der Waals surface area (Å²) < 4.78 is 39.5. The molecule has 0 bridgehead atoms. The van der Waals surface area contributed by atoms with E-state index in [0.717, 1.165) is 12.1 Å². The zero-order chi connectivity index (χ0) is 12.3. The van der Waals surface area contributed by atoms with Crippen molar-refractivity contribution < 1.29 is 22.7 Å². The number of halogens is 4. The lowest BCUT2D eigenvalue weighted by atomic mass is 10.0. The van der Waals surface area contributed by atoms with E-state index >= 15 is 0 Å². The summed E-state index contributed by atoms with van der Waals surface area (Å²) in [5.41, 5.74) is 0.377. The molecule has 0 radical (unpaired) electrons. The van der Waals surface area contributed by atoms with Crippen LogP contribution in [0.25, 0.3) is 0 Å². The summed E-state index contributed by atoms with van der Waals surface area (Å²) in [4.78, 5) is 10.8. The fraction of sp³-hybridized carbons (Fsp3) is 0.300. The van der Waals surface area contributed by atoms with E-state index in [0.29, 0.717) is 5.56 Å². The molecule has 0 fully saturated rings. The molecule has 0 heterocycles. The van der Waals surface area contributed by atoms with Crippen LogP contribution in [-0.4, -0.2) is 11.6 Å². The Kier molecular flexibility index (Phi) is 3.80. The van der Waals surface area contributed by atoms with Gasteiger partial charge >= 0.3 is 6.36 Å². The van der Waals surface area contributed by atoms with Gasteiger partial charge in [0.25, 0.3) is 0 Å². The molecule has 1 rings (SSSR count). The number of hydrogen-bond donors (Lipinski definition) is 0. The van der Waals surface area contributed by atoms with E-state index in [1.807, 2.05) is 0 Å². The van der Waals surface area contributed by atoms with Crippen LogP contribution >= 0.6 is 11.6 Å². The molecule has 16 heavy (non-hydrogen) atoms. The maximum Gasteiger partial charge on any atom is 0.573 e. The van der Waals surface area contributed by atoms with Gasteiger partial charge in [0.1, 0.15) is 5.75 Å². The van der Waals surface area contributed by atoms with Gasteiger partial charge in [0.2, 0.25) is 5.24 Å². The van der Waals surface area contributed by atoms with Crippen molar-refractivity contribution in [2.75, 3.05) is 0 Å². The van der Waals surface area contributed by atoms with E-state index in [9.17, 15) is 18.0 Å². The Hall–Kier alpha value is -1.23. The maximum atomic E-state index is 11.9. The van der Waals surface area contributed by atoms with Crippen LogP contribution in [0.1, 0.15) is 18.4 Å². The molecule has 0 aliphatic rings. The van der Waals surface area contributed by atoms with E-state index in [1.165, 1.54) is 19.1 Å². The number of carbonyl (C=O) groups is 1. The van der Waals surface area contributed by atoms with Crippen molar-refractivity contribution >= 4 is 16.8 Å². The smallest absolute Gasteiger partial charge is 0.406 e. The third kappa shape index (κ3) is 3.73. The van der Waals surface area contributed by atoms with Crippen LogP contribution in [0.3, 0.4) is 0 Å². The molecule has 0 aliphatic carbocycles. The fourth-order valence-electron chi connectivity index (χ4n) is 1.11. The standard InChI is InChI=1S/C10H8ClF3O2/c1-6(9(11)15)7-3-2-4-8(5-7)16-10(12,13)14/h2-6H,1H3. The van der Waals surface area contributed by atoms with Gasteiger partial charge in [-0.15, -0.1) is 13.2 Å². The van der Waals surface area contributed by atoms with Crippen molar-refractivity contribution in [2.45, 2.75) is 19.2 Å². The SMILES string of the molecule is CC(C(=O)Cl)c1cccc(OC(F)(F)F)c1. The highest BCUT2D eigenvalue weighted by Crippen LogP contribution is 2.26. The second-order valence-electron chi connectivity index (χ2n) is 3.15. The Balaban J connectivity index is 2.91. The summed E-state index contributed by atoms with van der Waals surface area (Å²) in [5.74, 6) is -1.03. The third-order valence-corrected chi connectivity index (χ3v) is 2.26. The van der Waals surface area contributed by atoms with Gasteiger partial charge in [-0.2, -0.15) is 0 Å². The molecule has 2 nitrogen and oxygen atoms in total. The van der Waals surface area contributed by atoms with Gasteiger partial charge in [-0.05, 0) is 29.3 Å². The number of ether oxygens (including phenoxy) is 1. The minimum Gasteiger partial charge on any atom is -0.406 e. The second-order valence-corrected chi connectivity index (χ2v) is 3.52. The highest BCUT2D eigenvalue weighted by atomic mass is 35.5. The van der Waals surface area contributed by atoms with Gasteiger partial charge in [0.05, 0.1) is 5.92 Å². The van der Waals surface area contributed by atoms with Crippen LogP contribution in [0.5, 0.6) is 5.75 Å². The van der Waals surface area contributed by atoms with E-state index in [4.69, 9.17) is 11.6 Å². The molecule has 0 saturated heterocycles. The van der Waals surface area contributed by atoms with Gasteiger partial charge in [0, 0.05) is 0 Å². The normalized spacial score (nSPS) is 13.3. The number of carbonyl (C=O) groups excluding carboxylic acids is 1. The average Bonchev–Trinajstić information content (AvgIpc) is 2.14. The monoisotopic (exact) mass is 252 g/mol. The molecule has 1 aromatic rings. The van der Waals surface area contributed by atoms with Crippen molar-refractivity contribution in [3.8, 4) is 5.75 Å². The first-order chi connectivity index (χ1) is 7.29. The summed E-state index contributed by atoms with van der Waals surface area (Å²) in [5, 5.41) is -0.635. The van der Waals surface area contributed by atoms with Crippen molar-refractivity contribution in [1.82, 2.24) is 0 Å². The van der Waals surface area contributed by atoms with E-state index < -0.39 is 17.5 Å². The Labute approximate surface area is 95.0 Å². The lowest BCUT2D eigenvalue weighted by Gasteiger charge is -2.11. The Morgan fingerprint density at radius 3 is 2.56 bits per heavy atom. The van der Waals surface area contributed by atoms with Gasteiger partial charge in [-0.1, -0.05) is 19.1 Å². The number of alkyl halides is 3. The first-order valence-electron chi connectivity index (χ1n) is 4.34. The first-order valence-corrected chi connectivity index (χ1v) is 4.72. The molecular formula is C10H8ClF3O2. The summed E-state index contributed by atoms with van der Waals surface area (Å²) in [7, 11) is 0. The molecule has 88 valence electrons. The summed E-state index contributed by atoms with van der Waals surface area (Å²) >= 11 is 5.25. The predicted octanol–water partition coefficient (Wildman–Crippen LogP) is 3.45. The molecule has 0 aliphatic heterocycles. The first kappa shape index (κ1) is 12.8. The largest absolute Gasteiger partial charge is 0.573 e. The van der Waals surface area contributed by atoms with Crippen LogP contribution in [0.2, 0.25) is 0 Å².